The zero-order valence-corrected chi connectivity index (χ0v) is 7.27. The molecule has 4 heteroatoms. The van der Waals surface area contributed by atoms with E-state index in [1.807, 2.05) is 11.5 Å². The monoisotopic (exact) mass is 169 g/mol. The lowest BCUT2D eigenvalue weighted by atomic mass is 10.2. The Morgan fingerprint density at radius 2 is 2.50 bits per heavy atom. The van der Waals surface area contributed by atoms with Gasteiger partial charge < -0.3 is 15.4 Å². The van der Waals surface area contributed by atoms with Gasteiger partial charge in [-0.05, 0) is 13.3 Å². The van der Waals surface area contributed by atoms with Crippen LogP contribution in [0.3, 0.4) is 0 Å². The van der Waals surface area contributed by atoms with E-state index in [0.717, 1.165) is 12.2 Å². The van der Waals surface area contributed by atoms with Gasteiger partial charge in [0, 0.05) is 25.4 Å². The van der Waals surface area contributed by atoms with Crippen LogP contribution < -0.4 is 5.73 Å². The van der Waals surface area contributed by atoms with Crippen LogP contribution in [0.2, 0.25) is 0 Å². The predicted molar refractivity (Wildman–Crippen MR) is 46.5 cm³/mol. The standard InChI is InChI=1S/C8H15N3O/c1-2-11-6-10-5-8(11)7(9)3-4-12/h5-7,12H,2-4,9H2,1H3/t7-/m1/s1. The summed E-state index contributed by atoms with van der Waals surface area (Å²) in [4.78, 5) is 4.00. The van der Waals surface area contributed by atoms with E-state index in [0.29, 0.717) is 6.42 Å². The number of aromatic nitrogens is 2. The molecular weight excluding hydrogens is 154 g/mol. The van der Waals surface area contributed by atoms with Gasteiger partial charge >= 0.3 is 0 Å². The van der Waals surface area contributed by atoms with Crippen molar-refractivity contribution in [2.75, 3.05) is 6.61 Å². The topological polar surface area (TPSA) is 64.1 Å². The molecule has 0 aliphatic heterocycles. The van der Waals surface area contributed by atoms with Crippen LogP contribution in [-0.2, 0) is 6.54 Å². The van der Waals surface area contributed by atoms with Gasteiger partial charge in [0.2, 0.25) is 0 Å². The fourth-order valence-corrected chi connectivity index (χ4v) is 1.19. The SMILES string of the molecule is CCn1cncc1[C@H](N)CCO. The average Bonchev–Trinajstić information content (AvgIpc) is 2.51. The van der Waals surface area contributed by atoms with Crippen molar-refractivity contribution in [1.29, 1.82) is 0 Å². The number of hydrogen-bond donors (Lipinski definition) is 2. The Bertz CT molecular complexity index is 234. The lowest BCUT2D eigenvalue weighted by Crippen LogP contribution is -2.16. The van der Waals surface area contributed by atoms with Crippen LogP contribution in [-0.4, -0.2) is 21.3 Å². The maximum atomic E-state index is 8.69. The van der Waals surface area contributed by atoms with Crippen molar-refractivity contribution in [3.8, 4) is 0 Å². The molecule has 68 valence electrons. The zero-order chi connectivity index (χ0) is 8.97. The Balaban J connectivity index is 2.71. The molecule has 0 fully saturated rings. The van der Waals surface area contributed by atoms with Crippen molar-refractivity contribution >= 4 is 0 Å². The molecule has 12 heavy (non-hydrogen) atoms. The first-order valence-electron chi connectivity index (χ1n) is 4.16. The van der Waals surface area contributed by atoms with Crippen LogP contribution in [0.25, 0.3) is 0 Å². The Kier molecular flexibility index (Phi) is 3.25. The van der Waals surface area contributed by atoms with Crippen LogP contribution >= 0.6 is 0 Å². The quantitative estimate of drug-likeness (QED) is 0.680. The first kappa shape index (κ1) is 9.22. The van der Waals surface area contributed by atoms with E-state index in [9.17, 15) is 0 Å². The average molecular weight is 169 g/mol. The minimum atomic E-state index is -0.0996. The second-order valence-electron chi connectivity index (χ2n) is 2.72. The van der Waals surface area contributed by atoms with Crippen molar-refractivity contribution < 1.29 is 5.11 Å². The highest BCUT2D eigenvalue weighted by Crippen LogP contribution is 2.12. The number of nitrogens with zero attached hydrogens (tertiary/aromatic N) is 2. The number of hydrogen-bond acceptors (Lipinski definition) is 3. The van der Waals surface area contributed by atoms with E-state index in [1.165, 1.54) is 0 Å². The second kappa shape index (κ2) is 4.23. The molecule has 4 nitrogen and oxygen atoms in total. The Hall–Kier alpha value is -0.870. The highest BCUT2D eigenvalue weighted by molar-refractivity contribution is 5.04. The first-order chi connectivity index (χ1) is 5.79. The number of imidazole rings is 1. The van der Waals surface area contributed by atoms with Gasteiger partial charge in [-0.25, -0.2) is 4.98 Å². The number of aryl methyl sites for hydroxylation is 1. The van der Waals surface area contributed by atoms with Gasteiger partial charge in [-0.3, -0.25) is 0 Å². The van der Waals surface area contributed by atoms with Gasteiger partial charge in [0.05, 0.1) is 12.0 Å². The molecule has 1 atom stereocenters. The van der Waals surface area contributed by atoms with Crippen LogP contribution in [0.15, 0.2) is 12.5 Å². The molecule has 0 saturated carbocycles. The number of aliphatic hydroxyl groups is 1. The molecule has 0 aliphatic carbocycles. The number of rotatable bonds is 4. The fraction of sp³-hybridized carbons (Fsp3) is 0.625. The lowest BCUT2D eigenvalue weighted by molar-refractivity contribution is 0.274. The molecule has 0 amide bonds. The van der Waals surface area contributed by atoms with Crippen molar-refractivity contribution in [2.45, 2.75) is 25.9 Å². The summed E-state index contributed by atoms with van der Waals surface area (Å²) >= 11 is 0. The second-order valence-corrected chi connectivity index (χ2v) is 2.72. The van der Waals surface area contributed by atoms with E-state index in [-0.39, 0.29) is 12.6 Å². The zero-order valence-electron chi connectivity index (χ0n) is 7.27. The molecule has 3 N–H and O–H groups in total. The summed E-state index contributed by atoms with van der Waals surface area (Å²) in [6.45, 7) is 3.03. The van der Waals surface area contributed by atoms with Gasteiger partial charge in [0.25, 0.3) is 0 Å². The summed E-state index contributed by atoms with van der Waals surface area (Å²) < 4.78 is 1.99. The van der Waals surface area contributed by atoms with Crippen LogP contribution in [0.1, 0.15) is 25.1 Å². The minimum Gasteiger partial charge on any atom is -0.396 e. The molecular formula is C8H15N3O. The summed E-state index contributed by atoms with van der Waals surface area (Å²) in [6, 6.07) is -0.0996. The smallest absolute Gasteiger partial charge is 0.0948 e. The largest absolute Gasteiger partial charge is 0.396 e. The molecule has 0 aliphatic rings. The lowest BCUT2D eigenvalue weighted by Gasteiger charge is -2.11. The third-order valence-electron chi connectivity index (χ3n) is 1.91. The van der Waals surface area contributed by atoms with Crippen molar-refractivity contribution in [2.24, 2.45) is 5.73 Å². The molecule has 1 aromatic heterocycles. The molecule has 1 aromatic rings. The Morgan fingerprint density at radius 1 is 1.75 bits per heavy atom. The van der Waals surface area contributed by atoms with Crippen LogP contribution in [0, 0.1) is 0 Å². The normalized spacial score (nSPS) is 13.2. The van der Waals surface area contributed by atoms with Crippen LogP contribution in [0.4, 0.5) is 0 Å². The fourth-order valence-electron chi connectivity index (χ4n) is 1.19. The highest BCUT2D eigenvalue weighted by Gasteiger charge is 2.09. The molecule has 0 saturated heterocycles. The van der Waals surface area contributed by atoms with Crippen molar-refractivity contribution in [3.63, 3.8) is 0 Å². The van der Waals surface area contributed by atoms with Crippen molar-refractivity contribution in [1.82, 2.24) is 9.55 Å². The van der Waals surface area contributed by atoms with E-state index in [2.05, 4.69) is 4.98 Å². The summed E-state index contributed by atoms with van der Waals surface area (Å²) in [5.41, 5.74) is 6.80. The maximum Gasteiger partial charge on any atom is 0.0948 e. The van der Waals surface area contributed by atoms with Crippen LogP contribution in [0.5, 0.6) is 0 Å². The maximum absolute atomic E-state index is 8.69. The third kappa shape index (κ3) is 1.84. The van der Waals surface area contributed by atoms with Gasteiger partial charge in [0.15, 0.2) is 0 Å². The molecule has 0 radical (unpaired) electrons. The molecule has 1 rings (SSSR count). The molecule has 0 unspecified atom stereocenters. The number of aliphatic hydroxyl groups excluding tert-OH is 1. The molecule has 1 heterocycles. The highest BCUT2D eigenvalue weighted by atomic mass is 16.3. The van der Waals surface area contributed by atoms with E-state index >= 15 is 0 Å². The predicted octanol–water partition coefficient (Wildman–Crippen LogP) is 0.285. The van der Waals surface area contributed by atoms with E-state index < -0.39 is 0 Å². The van der Waals surface area contributed by atoms with E-state index in [4.69, 9.17) is 10.8 Å². The Labute approximate surface area is 72.0 Å². The molecule has 0 bridgehead atoms. The summed E-state index contributed by atoms with van der Waals surface area (Å²) in [7, 11) is 0. The van der Waals surface area contributed by atoms with E-state index in [1.54, 1.807) is 12.5 Å². The summed E-state index contributed by atoms with van der Waals surface area (Å²) in [5, 5.41) is 8.69. The van der Waals surface area contributed by atoms with Gasteiger partial charge in [-0.1, -0.05) is 0 Å². The minimum absolute atomic E-state index is 0.0996. The third-order valence-corrected chi connectivity index (χ3v) is 1.91. The summed E-state index contributed by atoms with van der Waals surface area (Å²) in [5.74, 6) is 0. The first-order valence-corrected chi connectivity index (χ1v) is 4.16. The molecule has 0 aromatic carbocycles. The van der Waals surface area contributed by atoms with Gasteiger partial charge in [-0.15, -0.1) is 0 Å². The van der Waals surface area contributed by atoms with Crippen molar-refractivity contribution in [3.05, 3.63) is 18.2 Å². The Morgan fingerprint density at radius 3 is 3.08 bits per heavy atom. The van der Waals surface area contributed by atoms with Gasteiger partial charge in [-0.2, -0.15) is 0 Å². The summed E-state index contributed by atoms with van der Waals surface area (Å²) in [6.07, 6.45) is 4.10. The number of nitrogens with two attached hydrogens (primary N) is 1. The van der Waals surface area contributed by atoms with Gasteiger partial charge in [0.1, 0.15) is 0 Å². The molecule has 0 spiro atoms.